The molecule has 0 saturated heterocycles. The summed E-state index contributed by atoms with van der Waals surface area (Å²) in [5, 5.41) is 13.8. The summed E-state index contributed by atoms with van der Waals surface area (Å²) in [7, 11) is 0. The van der Waals surface area contributed by atoms with Crippen molar-refractivity contribution in [1.29, 1.82) is 0 Å². The highest BCUT2D eigenvalue weighted by atomic mass is 16.7. The second kappa shape index (κ2) is 8.57. The number of nitro benzene ring substituents is 1. The molecular weight excluding hydrogens is 438 g/mol. The third-order valence-electron chi connectivity index (χ3n) is 5.04. The lowest BCUT2D eigenvalue weighted by atomic mass is 10.1. The Morgan fingerprint density at radius 3 is 2.70 bits per heavy atom. The molecule has 2 aromatic carbocycles. The number of hydrogen-bond donors (Lipinski definition) is 1. The lowest BCUT2D eigenvalue weighted by Gasteiger charge is -2.16. The van der Waals surface area contributed by atoms with E-state index >= 15 is 0 Å². The summed E-state index contributed by atoms with van der Waals surface area (Å²) in [6, 6.07) is 8.79. The van der Waals surface area contributed by atoms with Crippen molar-refractivity contribution in [3.05, 3.63) is 63.2 Å². The first-order chi connectivity index (χ1) is 15.8. The lowest BCUT2D eigenvalue weighted by Crippen LogP contribution is -2.40. The molecule has 2 aromatic rings. The molecule has 170 valence electrons. The maximum atomic E-state index is 12.5. The molecule has 4 rings (SSSR count). The lowest BCUT2D eigenvalue weighted by molar-refractivity contribution is -0.385. The Balaban J connectivity index is 1.33. The summed E-state index contributed by atoms with van der Waals surface area (Å²) in [6.07, 6.45) is -1.21. The molecule has 1 atom stereocenters. The molecule has 0 fully saturated rings. The highest BCUT2D eigenvalue weighted by Gasteiger charge is 2.42. The smallest absolute Gasteiger partial charge is 0.326 e. The van der Waals surface area contributed by atoms with Crippen molar-refractivity contribution in [3.63, 3.8) is 0 Å². The number of esters is 1. The molecule has 12 heteroatoms. The van der Waals surface area contributed by atoms with Crippen molar-refractivity contribution < 1.29 is 38.3 Å². The molecule has 0 aliphatic carbocycles. The van der Waals surface area contributed by atoms with Crippen molar-refractivity contribution in [1.82, 2.24) is 10.2 Å². The van der Waals surface area contributed by atoms with Crippen LogP contribution in [-0.2, 0) is 20.9 Å². The molecule has 0 bridgehead atoms. The maximum Gasteiger partial charge on any atom is 0.326 e. The van der Waals surface area contributed by atoms with Crippen LogP contribution in [0.1, 0.15) is 33.2 Å². The van der Waals surface area contributed by atoms with Crippen molar-refractivity contribution >= 4 is 29.4 Å². The molecule has 0 saturated carbocycles. The molecule has 2 aliphatic rings. The zero-order valence-corrected chi connectivity index (χ0v) is 17.2. The number of imide groups is 1. The van der Waals surface area contributed by atoms with E-state index in [0.717, 1.165) is 11.6 Å². The third kappa shape index (κ3) is 4.18. The quantitative estimate of drug-likeness (QED) is 0.280. The fourth-order valence-electron chi connectivity index (χ4n) is 3.41. The van der Waals surface area contributed by atoms with Crippen LogP contribution in [0.15, 0.2) is 36.4 Å². The molecular formula is C21H17N3O9. The Kier molecular flexibility index (Phi) is 5.65. The van der Waals surface area contributed by atoms with E-state index in [1.807, 2.05) is 0 Å². The number of nitrogens with one attached hydrogen (secondary N) is 1. The van der Waals surface area contributed by atoms with Crippen LogP contribution in [0.3, 0.4) is 0 Å². The van der Waals surface area contributed by atoms with Gasteiger partial charge in [0.2, 0.25) is 6.79 Å². The van der Waals surface area contributed by atoms with Crippen LogP contribution in [0.2, 0.25) is 0 Å². The summed E-state index contributed by atoms with van der Waals surface area (Å²) in [6.45, 7) is 0.807. The minimum Gasteiger partial charge on any atom is -0.454 e. The second-order valence-corrected chi connectivity index (χ2v) is 7.19. The Bertz CT molecular complexity index is 1190. The Hall–Kier alpha value is -4.48. The number of amides is 3. The van der Waals surface area contributed by atoms with Crippen molar-refractivity contribution in [3.8, 4) is 11.5 Å². The number of hydrogen-bond acceptors (Lipinski definition) is 9. The predicted octanol–water partition coefficient (Wildman–Crippen LogP) is 1.17. The van der Waals surface area contributed by atoms with Crippen molar-refractivity contribution in [2.24, 2.45) is 0 Å². The van der Waals surface area contributed by atoms with Gasteiger partial charge in [-0.3, -0.25) is 34.2 Å². The number of benzene rings is 2. The monoisotopic (exact) mass is 455 g/mol. The number of nitrogens with zero attached hydrogens (tertiary/aromatic N) is 2. The first kappa shape index (κ1) is 21.7. The fourth-order valence-corrected chi connectivity index (χ4v) is 3.41. The molecule has 0 aromatic heterocycles. The fraction of sp³-hybridized carbons (Fsp3) is 0.238. The normalized spacial score (nSPS) is 14.6. The topological polar surface area (TPSA) is 154 Å². The predicted molar refractivity (Wildman–Crippen MR) is 108 cm³/mol. The van der Waals surface area contributed by atoms with E-state index in [1.165, 1.54) is 19.1 Å². The van der Waals surface area contributed by atoms with Crippen LogP contribution >= 0.6 is 0 Å². The van der Waals surface area contributed by atoms with Gasteiger partial charge in [0.25, 0.3) is 23.4 Å². The summed E-state index contributed by atoms with van der Waals surface area (Å²) >= 11 is 0. The number of carbonyl (C=O) groups is 4. The molecule has 2 heterocycles. The standard InChI is InChI=1S/C21H17N3O9/c1-11(19(26)22-8-12-5-6-15-16(7-12)32-10-31-15)33-17(25)9-23-20(27)13-3-2-4-14(24(29)30)18(13)21(23)28/h2-7,11H,8-10H2,1H3,(H,22,26)/t11-/m1/s1. The molecule has 3 amide bonds. The summed E-state index contributed by atoms with van der Waals surface area (Å²) in [4.78, 5) is 60.5. The van der Waals surface area contributed by atoms with Crippen LogP contribution in [0.5, 0.6) is 11.5 Å². The number of rotatable bonds is 7. The van der Waals surface area contributed by atoms with Crippen LogP contribution in [0.25, 0.3) is 0 Å². The van der Waals surface area contributed by atoms with Gasteiger partial charge in [-0.2, -0.15) is 0 Å². The van der Waals surface area contributed by atoms with E-state index < -0.39 is 47.0 Å². The Labute approximate surface area is 186 Å². The van der Waals surface area contributed by atoms with E-state index in [4.69, 9.17) is 14.2 Å². The molecule has 0 unspecified atom stereocenters. The van der Waals surface area contributed by atoms with Crippen LogP contribution in [0, 0.1) is 10.1 Å². The summed E-state index contributed by atoms with van der Waals surface area (Å²) in [5.41, 5.74) is -0.344. The zero-order valence-electron chi connectivity index (χ0n) is 17.2. The number of ether oxygens (including phenoxy) is 3. The first-order valence-electron chi connectivity index (χ1n) is 9.75. The van der Waals surface area contributed by atoms with E-state index in [0.29, 0.717) is 16.4 Å². The third-order valence-corrected chi connectivity index (χ3v) is 5.04. The molecule has 0 spiro atoms. The van der Waals surface area contributed by atoms with Gasteiger partial charge in [0.05, 0.1) is 10.5 Å². The average Bonchev–Trinajstić information content (AvgIpc) is 3.35. The molecule has 2 aliphatic heterocycles. The highest BCUT2D eigenvalue weighted by Crippen LogP contribution is 2.32. The van der Waals surface area contributed by atoms with Crippen LogP contribution in [0.4, 0.5) is 5.69 Å². The van der Waals surface area contributed by atoms with Gasteiger partial charge < -0.3 is 19.5 Å². The largest absolute Gasteiger partial charge is 0.454 e. The van der Waals surface area contributed by atoms with Gasteiger partial charge in [-0.25, -0.2) is 0 Å². The average molecular weight is 455 g/mol. The van der Waals surface area contributed by atoms with Crippen LogP contribution < -0.4 is 14.8 Å². The van der Waals surface area contributed by atoms with Gasteiger partial charge in [0, 0.05) is 12.6 Å². The van der Waals surface area contributed by atoms with Gasteiger partial charge >= 0.3 is 5.97 Å². The van der Waals surface area contributed by atoms with E-state index in [9.17, 15) is 29.3 Å². The molecule has 33 heavy (non-hydrogen) atoms. The molecule has 0 radical (unpaired) electrons. The minimum absolute atomic E-state index is 0.124. The zero-order chi connectivity index (χ0) is 23.7. The minimum atomic E-state index is -1.21. The Morgan fingerprint density at radius 1 is 1.18 bits per heavy atom. The molecule has 12 nitrogen and oxygen atoms in total. The maximum absolute atomic E-state index is 12.5. The van der Waals surface area contributed by atoms with Gasteiger partial charge in [-0.1, -0.05) is 12.1 Å². The van der Waals surface area contributed by atoms with Gasteiger partial charge in [-0.15, -0.1) is 0 Å². The van der Waals surface area contributed by atoms with E-state index in [1.54, 1.807) is 18.2 Å². The van der Waals surface area contributed by atoms with Gasteiger partial charge in [0.15, 0.2) is 17.6 Å². The van der Waals surface area contributed by atoms with Crippen molar-refractivity contribution in [2.45, 2.75) is 19.6 Å². The van der Waals surface area contributed by atoms with Crippen molar-refractivity contribution in [2.75, 3.05) is 13.3 Å². The summed E-state index contributed by atoms with van der Waals surface area (Å²) < 4.78 is 15.5. The second-order valence-electron chi connectivity index (χ2n) is 7.19. The Morgan fingerprint density at radius 2 is 1.94 bits per heavy atom. The number of fused-ring (bicyclic) bond motifs is 2. The SMILES string of the molecule is C[C@@H](OC(=O)CN1C(=O)c2cccc([N+](=O)[O-])c2C1=O)C(=O)NCc1ccc2c(c1)OCO2. The number of nitro groups is 1. The van der Waals surface area contributed by atoms with E-state index in [-0.39, 0.29) is 24.5 Å². The first-order valence-corrected chi connectivity index (χ1v) is 9.75. The summed E-state index contributed by atoms with van der Waals surface area (Å²) in [5.74, 6) is -2.28. The van der Waals surface area contributed by atoms with Crippen LogP contribution in [-0.4, -0.2) is 53.0 Å². The molecule has 1 N–H and O–H groups in total. The van der Waals surface area contributed by atoms with E-state index in [2.05, 4.69) is 5.32 Å². The van der Waals surface area contributed by atoms with Gasteiger partial charge in [-0.05, 0) is 30.7 Å². The highest BCUT2D eigenvalue weighted by molar-refractivity contribution is 6.24. The number of carbonyl (C=O) groups excluding carboxylic acids is 4. The van der Waals surface area contributed by atoms with Gasteiger partial charge in [0.1, 0.15) is 12.1 Å².